The van der Waals surface area contributed by atoms with E-state index in [1.807, 2.05) is 11.3 Å². The lowest BCUT2D eigenvalue weighted by Gasteiger charge is -2.45. The number of benzene rings is 7. The normalized spacial score (nSPS) is 15.3. The van der Waals surface area contributed by atoms with Gasteiger partial charge >= 0.3 is 0 Å². The fourth-order valence-corrected chi connectivity index (χ4v) is 10.4. The average molecular weight is 689 g/mol. The summed E-state index contributed by atoms with van der Waals surface area (Å²) >= 11 is 1.87. The molecule has 0 N–H and O–H groups in total. The molecular weight excluding hydrogens is 653 g/mol. The molecule has 7 aromatic carbocycles. The van der Waals surface area contributed by atoms with E-state index in [0.717, 1.165) is 34.2 Å². The van der Waals surface area contributed by atoms with Crippen LogP contribution in [0.15, 0.2) is 146 Å². The number of rotatable bonds is 3. The summed E-state index contributed by atoms with van der Waals surface area (Å²) in [5, 5.41) is 2.57. The summed E-state index contributed by atoms with van der Waals surface area (Å²) in [4.78, 5) is 4.90. The lowest BCUT2D eigenvalue weighted by molar-refractivity contribution is 0.471. The minimum absolute atomic E-state index is 0.127. The topological polar surface area (TPSA) is 15.7 Å². The van der Waals surface area contributed by atoms with Gasteiger partial charge in [-0.3, -0.25) is 0 Å². The predicted octanol–water partition coefficient (Wildman–Crippen LogP) is 14.0. The zero-order valence-corrected chi connectivity index (χ0v) is 30.4. The van der Waals surface area contributed by atoms with Crippen molar-refractivity contribution in [1.82, 2.24) is 0 Å². The molecule has 3 heterocycles. The highest BCUT2D eigenvalue weighted by Crippen LogP contribution is 2.61. The first kappa shape index (κ1) is 29.8. The first-order valence-electron chi connectivity index (χ1n) is 18.1. The Morgan fingerprint density at radius 2 is 1.19 bits per heavy atom. The van der Waals surface area contributed by atoms with Crippen LogP contribution >= 0.6 is 11.3 Å². The van der Waals surface area contributed by atoms with Gasteiger partial charge in [0.15, 0.2) is 11.5 Å². The molecule has 0 fully saturated rings. The molecule has 1 aliphatic carbocycles. The van der Waals surface area contributed by atoms with Crippen molar-refractivity contribution in [3.63, 3.8) is 0 Å². The lowest BCUT2D eigenvalue weighted by atomic mass is 9.73. The lowest BCUT2D eigenvalue weighted by Crippen LogP contribution is -2.32. The van der Waals surface area contributed by atoms with Gasteiger partial charge in [0.05, 0.1) is 33.1 Å². The fourth-order valence-electron chi connectivity index (χ4n) is 9.23. The molecule has 8 aromatic rings. The van der Waals surface area contributed by atoms with E-state index in [1.54, 1.807) is 0 Å². The number of fused-ring (bicyclic) bond motifs is 10. The summed E-state index contributed by atoms with van der Waals surface area (Å²) in [5.41, 5.74) is 14.3. The Hall–Kier alpha value is -5.84. The van der Waals surface area contributed by atoms with E-state index in [2.05, 4.69) is 183 Å². The van der Waals surface area contributed by atoms with Crippen LogP contribution in [0.4, 0.5) is 34.1 Å². The molecule has 250 valence electrons. The van der Waals surface area contributed by atoms with E-state index in [9.17, 15) is 0 Å². The van der Waals surface area contributed by atoms with Crippen molar-refractivity contribution in [1.29, 1.82) is 0 Å². The van der Waals surface area contributed by atoms with Crippen molar-refractivity contribution in [2.24, 2.45) is 0 Å². The van der Waals surface area contributed by atoms with Gasteiger partial charge in [0.1, 0.15) is 0 Å². The zero-order valence-electron chi connectivity index (χ0n) is 29.6. The predicted molar refractivity (Wildman–Crippen MR) is 218 cm³/mol. The molecule has 0 saturated carbocycles. The number of para-hydroxylation sites is 3. The van der Waals surface area contributed by atoms with Gasteiger partial charge in [-0.1, -0.05) is 119 Å². The summed E-state index contributed by atoms with van der Waals surface area (Å²) in [6.45, 7) is 9.44. The van der Waals surface area contributed by atoms with Crippen molar-refractivity contribution >= 4 is 65.6 Å². The van der Waals surface area contributed by atoms with Crippen LogP contribution in [-0.2, 0) is 10.8 Å². The maximum Gasteiger partial charge on any atom is 0.153 e. The molecule has 3 nitrogen and oxygen atoms in total. The van der Waals surface area contributed by atoms with Crippen LogP contribution in [0.1, 0.15) is 49.9 Å². The van der Waals surface area contributed by atoms with E-state index >= 15 is 0 Å². The van der Waals surface area contributed by atoms with Crippen LogP contribution in [-0.4, -0.2) is 0 Å². The number of ether oxygens (including phenoxy) is 1. The number of anilines is 6. The Bertz CT molecular complexity index is 2810. The maximum absolute atomic E-state index is 6.91. The summed E-state index contributed by atoms with van der Waals surface area (Å²) in [7, 11) is 0. The smallest absolute Gasteiger partial charge is 0.153 e. The van der Waals surface area contributed by atoms with Gasteiger partial charge in [-0.25, -0.2) is 0 Å². The maximum atomic E-state index is 6.91. The summed E-state index contributed by atoms with van der Waals surface area (Å²) in [5.74, 6) is 1.74. The van der Waals surface area contributed by atoms with Crippen molar-refractivity contribution in [3.8, 4) is 22.6 Å². The van der Waals surface area contributed by atoms with Crippen LogP contribution in [0.25, 0.3) is 31.3 Å². The van der Waals surface area contributed by atoms with E-state index < -0.39 is 0 Å². The third-order valence-corrected chi connectivity index (χ3v) is 13.0. The van der Waals surface area contributed by atoms with Crippen LogP contribution in [0.5, 0.6) is 11.5 Å². The third kappa shape index (κ3) is 3.90. The Kier molecular flexibility index (Phi) is 5.95. The second kappa shape index (κ2) is 10.4. The molecule has 2 aliphatic heterocycles. The summed E-state index contributed by atoms with van der Waals surface area (Å²) in [6.07, 6.45) is 0. The van der Waals surface area contributed by atoms with E-state index in [0.29, 0.717) is 0 Å². The third-order valence-electron chi connectivity index (χ3n) is 11.8. The average Bonchev–Trinajstić information content (AvgIpc) is 3.66. The molecule has 0 atom stereocenters. The number of thiophene rings is 1. The second-order valence-corrected chi connectivity index (χ2v) is 16.4. The van der Waals surface area contributed by atoms with E-state index in [4.69, 9.17) is 4.74 Å². The molecule has 1 aromatic heterocycles. The monoisotopic (exact) mass is 688 g/mol. The fraction of sp³-hybridized carbons (Fsp3) is 0.125. The van der Waals surface area contributed by atoms with Gasteiger partial charge < -0.3 is 14.5 Å². The largest absolute Gasteiger partial charge is 0.453 e. The minimum Gasteiger partial charge on any atom is -0.453 e. The molecule has 3 aliphatic rings. The highest BCUT2D eigenvalue weighted by atomic mass is 32.1. The van der Waals surface area contributed by atoms with Gasteiger partial charge in [-0.05, 0) is 81.9 Å². The van der Waals surface area contributed by atoms with Gasteiger partial charge in [0.25, 0.3) is 0 Å². The van der Waals surface area contributed by atoms with Crippen molar-refractivity contribution < 1.29 is 4.74 Å². The molecule has 0 bridgehead atoms. The highest BCUT2D eigenvalue weighted by Gasteiger charge is 2.42. The van der Waals surface area contributed by atoms with Gasteiger partial charge in [0, 0.05) is 38.1 Å². The molecule has 0 saturated heterocycles. The van der Waals surface area contributed by atoms with Crippen molar-refractivity contribution in [2.45, 2.75) is 38.5 Å². The summed E-state index contributed by atoms with van der Waals surface area (Å²) < 4.78 is 9.48. The Morgan fingerprint density at radius 3 is 2.08 bits per heavy atom. The first-order valence-corrected chi connectivity index (χ1v) is 18.9. The van der Waals surface area contributed by atoms with Crippen LogP contribution in [0, 0.1) is 0 Å². The van der Waals surface area contributed by atoms with Crippen LogP contribution in [0.3, 0.4) is 0 Å². The number of nitrogens with zero attached hydrogens (tertiary/aromatic N) is 2. The number of hydrogen-bond donors (Lipinski definition) is 0. The summed E-state index contributed by atoms with van der Waals surface area (Å²) in [6, 6.07) is 53.5. The van der Waals surface area contributed by atoms with Crippen LogP contribution in [0.2, 0.25) is 0 Å². The standard InChI is InChI=1S/C48H36N2OS/c1-47(2)35-17-7-5-14-31(35)32-25-24-29(26-37(32)47)49(41-21-13-16-34-33-15-6-12-23-44(33)52-46(34)41)30-27-38-45-43(28-30)51-42-22-11-10-20-40(42)50(45)39-19-9-8-18-36(39)48(38,3)4/h5-28H,1-4H3. The molecule has 0 spiro atoms. The molecule has 4 heteroatoms. The van der Waals surface area contributed by atoms with E-state index in [-0.39, 0.29) is 10.8 Å². The number of hydrogen-bond acceptors (Lipinski definition) is 4. The SMILES string of the molecule is CC1(C)c2ccccc2-c2ccc(N(c3cc4c5c(c3)C(C)(C)c3ccccc3N5c3ccccc3O4)c3cccc4c3sc3ccccc34)cc21. The minimum atomic E-state index is -0.278. The van der Waals surface area contributed by atoms with Gasteiger partial charge in [0.2, 0.25) is 0 Å². The second-order valence-electron chi connectivity index (χ2n) is 15.4. The molecular formula is C48H36N2OS. The Morgan fingerprint density at radius 1 is 0.519 bits per heavy atom. The Labute approximate surface area is 308 Å². The quantitative estimate of drug-likeness (QED) is 0.184. The molecule has 0 radical (unpaired) electrons. The van der Waals surface area contributed by atoms with Crippen molar-refractivity contribution in [2.75, 3.05) is 9.80 Å². The van der Waals surface area contributed by atoms with Crippen molar-refractivity contribution in [3.05, 3.63) is 168 Å². The van der Waals surface area contributed by atoms with E-state index in [1.165, 1.54) is 64.9 Å². The Balaban J connectivity index is 1.21. The molecule has 0 amide bonds. The molecule has 0 unspecified atom stereocenters. The molecule has 11 rings (SSSR count). The molecule has 52 heavy (non-hydrogen) atoms. The zero-order chi connectivity index (χ0) is 34.9. The van der Waals surface area contributed by atoms with Crippen LogP contribution < -0.4 is 14.5 Å². The first-order chi connectivity index (χ1) is 25.3. The van der Waals surface area contributed by atoms with Gasteiger partial charge in [-0.15, -0.1) is 11.3 Å². The highest BCUT2D eigenvalue weighted by molar-refractivity contribution is 7.26. The van der Waals surface area contributed by atoms with Gasteiger partial charge in [-0.2, -0.15) is 0 Å².